The third kappa shape index (κ3) is 6.40. The lowest BCUT2D eigenvalue weighted by atomic mass is 10.1. The zero-order valence-electron chi connectivity index (χ0n) is 12.1. The van der Waals surface area contributed by atoms with E-state index in [2.05, 4.69) is 20.9 Å². The number of thiocarbonyl (C=S) groups is 1. The largest absolute Gasteiger partial charge is 0.435 e. The highest BCUT2D eigenvalue weighted by Gasteiger charge is 2.06. The van der Waals surface area contributed by atoms with Crippen LogP contribution in [0.5, 0.6) is 5.75 Å². The first kappa shape index (κ1) is 17.2. The van der Waals surface area contributed by atoms with Crippen molar-refractivity contribution >= 4 is 23.0 Å². The van der Waals surface area contributed by atoms with E-state index in [4.69, 9.17) is 12.2 Å². The van der Waals surface area contributed by atoms with Crippen molar-refractivity contribution in [2.45, 2.75) is 33.4 Å². The van der Waals surface area contributed by atoms with Crippen LogP contribution in [0.1, 0.15) is 26.3 Å². The molecule has 1 rings (SSSR count). The van der Waals surface area contributed by atoms with Crippen molar-refractivity contribution in [3.63, 3.8) is 0 Å². The molecule has 0 saturated carbocycles. The van der Waals surface area contributed by atoms with Crippen molar-refractivity contribution in [3.05, 3.63) is 35.9 Å². The maximum Gasteiger partial charge on any atom is 0.387 e. The van der Waals surface area contributed by atoms with Crippen LogP contribution in [0.15, 0.2) is 30.3 Å². The third-order valence-electron chi connectivity index (χ3n) is 2.41. The van der Waals surface area contributed by atoms with Gasteiger partial charge in [0.2, 0.25) is 0 Å². The second kappa shape index (κ2) is 8.41. The third-order valence-corrected chi connectivity index (χ3v) is 2.63. The minimum atomic E-state index is -2.82. The summed E-state index contributed by atoms with van der Waals surface area (Å²) in [5.74, 6) is 0.120. The first-order valence-electron chi connectivity index (χ1n) is 6.46. The van der Waals surface area contributed by atoms with E-state index in [1.807, 2.05) is 26.8 Å². The molecule has 0 spiro atoms. The number of benzene rings is 1. The summed E-state index contributed by atoms with van der Waals surface area (Å²) in [6.45, 7) is 2.99. The SMILES string of the molecule is C/C=C(\NNC(=S)NC(C)C)c1ccc(OC(F)F)cc1. The lowest BCUT2D eigenvalue weighted by Crippen LogP contribution is -2.45. The normalized spacial score (nSPS) is 11.5. The molecule has 0 fully saturated rings. The molecule has 0 saturated heterocycles. The number of hydrogen-bond acceptors (Lipinski definition) is 3. The summed E-state index contributed by atoms with van der Waals surface area (Å²) in [5.41, 5.74) is 7.42. The van der Waals surface area contributed by atoms with Crippen LogP contribution in [0, 0.1) is 0 Å². The van der Waals surface area contributed by atoms with Gasteiger partial charge in [0.05, 0.1) is 5.70 Å². The van der Waals surface area contributed by atoms with Crippen LogP contribution < -0.4 is 20.9 Å². The molecule has 0 aliphatic rings. The summed E-state index contributed by atoms with van der Waals surface area (Å²) in [4.78, 5) is 0. The summed E-state index contributed by atoms with van der Waals surface area (Å²) in [6, 6.07) is 6.56. The predicted molar refractivity (Wildman–Crippen MR) is 83.9 cm³/mol. The highest BCUT2D eigenvalue weighted by atomic mass is 32.1. The van der Waals surface area contributed by atoms with Crippen molar-refractivity contribution < 1.29 is 13.5 Å². The van der Waals surface area contributed by atoms with E-state index in [9.17, 15) is 8.78 Å². The molecule has 0 unspecified atom stereocenters. The van der Waals surface area contributed by atoms with Crippen molar-refractivity contribution in [2.24, 2.45) is 0 Å². The molecular formula is C14H19F2N3OS. The first-order chi connectivity index (χ1) is 9.92. The Hall–Kier alpha value is -1.89. The van der Waals surface area contributed by atoms with Crippen LogP contribution in [0.2, 0.25) is 0 Å². The van der Waals surface area contributed by atoms with Gasteiger partial charge in [0.25, 0.3) is 0 Å². The molecule has 7 heteroatoms. The molecule has 0 radical (unpaired) electrons. The van der Waals surface area contributed by atoms with Gasteiger partial charge in [-0.2, -0.15) is 8.78 Å². The lowest BCUT2D eigenvalue weighted by Gasteiger charge is -2.17. The predicted octanol–water partition coefficient (Wildman–Crippen LogP) is 3.03. The Morgan fingerprint density at radius 3 is 2.29 bits per heavy atom. The van der Waals surface area contributed by atoms with Gasteiger partial charge in [0, 0.05) is 6.04 Å². The maximum absolute atomic E-state index is 12.1. The number of allylic oxidation sites excluding steroid dienone is 1. The molecule has 4 nitrogen and oxygen atoms in total. The van der Waals surface area contributed by atoms with Crippen LogP contribution in [0.3, 0.4) is 0 Å². The molecular weight excluding hydrogens is 296 g/mol. The van der Waals surface area contributed by atoms with Gasteiger partial charge in [-0.3, -0.25) is 10.9 Å². The fourth-order valence-electron chi connectivity index (χ4n) is 1.55. The summed E-state index contributed by atoms with van der Waals surface area (Å²) < 4.78 is 28.5. The molecule has 0 aliphatic heterocycles. The van der Waals surface area contributed by atoms with Gasteiger partial charge in [-0.15, -0.1) is 0 Å². The Morgan fingerprint density at radius 2 is 1.81 bits per heavy atom. The average Bonchev–Trinajstić information content (AvgIpc) is 2.39. The van der Waals surface area contributed by atoms with Crippen molar-refractivity contribution in [3.8, 4) is 5.75 Å². The quantitative estimate of drug-likeness (QED) is 0.556. The Kier molecular flexibility index (Phi) is 6.87. The monoisotopic (exact) mass is 315 g/mol. The number of nitrogens with one attached hydrogen (secondary N) is 3. The minimum absolute atomic E-state index is 0.120. The smallest absolute Gasteiger partial charge is 0.387 e. The van der Waals surface area contributed by atoms with Gasteiger partial charge in [0.1, 0.15) is 5.75 Å². The van der Waals surface area contributed by atoms with Crippen molar-refractivity contribution in [2.75, 3.05) is 0 Å². The molecule has 21 heavy (non-hydrogen) atoms. The van der Waals surface area contributed by atoms with Gasteiger partial charge < -0.3 is 10.1 Å². The van der Waals surface area contributed by atoms with Gasteiger partial charge in [-0.1, -0.05) is 6.08 Å². The van der Waals surface area contributed by atoms with Crippen LogP contribution in [0.25, 0.3) is 5.70 Å². The zero-order valence-corrected chi connectivity index (χ0v) is 12.9. The number of alkyl halides is 2. The highest BCUT2D eigenvalue weighted by Crippen LogP contribution is 2.18. The molecule has 1 aromatic carbocycles. The fourth-order valence-corrected chi connectivity index (χ4v) is 1.84. The van der Waals surface area contributed by atoms with Crippen LogP contribution in [-0.4, -0.2) is 17.8 Å². The molecule has 0 amide bonds. The van der Waals surface area contributed by atoms with Gasteiger partial charge in [0.15, 0.2) is 5.11 Å². The molecule has 1 aromatic rings. The Labute approximate surface area is 128 Å². The maximum atomic E-state index is 12.1. The summed E-state index contributed by atoms with van der Waals surface area (Å²) >= 11 is 5.10. The van der Waals surface area contributed by atoms with Crippen LogP contribution in [0.4, 0.5) is 8.78 Å². The molecule has 0 aliphatic carbocycles. The lowest BCUT2D eigenvalue weighted by molar-refractivity contribution is -0.0498. The van der Waals surface area contributed by atoms with Crippen molar-refractivity contribution in [1.29, 1.82) is 0 Å². The molecule has 0 aromatic heterocycles. The minimum Gasteiger partial charge on any atom is -0.435 e. The molecule has 116 valence electrons. The van der Waals surface area contributed by atoms with E-state index in [1.54, 1.807) is 12.1 Å². The fraction of sp³-hybridized carbons (Fsp3) is 0.357. The van der Waals surface area contributed by atoms with Gasteiger partial charge in [-0.05, 0) is 62.8 Å². The van der Waals surface area contributed by atoms with Crippen molar-refractivity contribution in [1.82, 2.24) is 16.2 Å². The Bertz CT molecular complexity index is 489. The van der Waals surface area contributed by atoms with E-state index < -0.39 is 6.61 Å². The molecule has 0 atom stereocenters. The second-order valence-electron chi connectivity index (χ2n) is 4.48. The molecule has 0 bridgehead atoms. The molecule has 0 heterocycles. The van der Waals surface area contributed by atoms with E-state index in [0.29, 0.717) is 5.11 Å². The average molecular weight is 315 g/mol. The highest BCUT2D eigenvalue weighted by molar-refractivity contribution is 7.80. The summed E-state index contributed by atoms with van der Waals surface area (Å²) in [5, 5.41) is 3.51. The standard InChI is InChI=1S/C14H19F2N3OS/c1-4-12(18-19-14(21)17-9(2)3)10-5-7-11(8-6-10)20-13(15)16/h4-9,13,18H,1-3H3,(H2,17,19,21)/b12-4-. The van der Waals surface area contributed by atoms with Crippen LogP contribution in [-0.2, 0) is 0 Å². The number of hydrogen-bond donors (Lipinski definition) is 3. The van der Waals surface area contributed by atoms with Gasteiger partial charge >= 0.3 is 6.61 Å². The first-order valence-corrected chi connectivity index (χ1v) is 6.87. The summed E-state index contributed by atoms with van der Waals surface area (Å²) in [7, 11) is 0. The topological polar surface area (TPSA) is 45.3 Å². The van der Waals surface area contributed by atoms with Crippen LogP contribution >= 0.6 is 12.2 Å². The summed E-state index contributed by atoms with van der Waals surface area (Å²) in [6.07, 6.45) is 1.84. The Morgan fingerprint density at radius 1 is 1.19 bits per heavy atom. The van der Waals surface area contributed by atoms with Gasteiger partial charge in [-0.25, -0.2) is 0 Å². The van der Waals surface area contributed by atoms with E-state index in [1.165, 1.54) is 12.1 Å². The number of hydrazine groups is 1. The Balaban J connectivity index is 2.62. The number of rotatable bonds is 6. The zero-order chi connectivity index (χ0) is 15.8. The second-order valence-corrected chi connectivity index (χ2v) is 4.89. The number of halogens is 2. The van der Waals surface area contributed by atoms with E-state index in [-0.39, 0.29) is 11.8 Å². The molecule has 3 N–H and O–H groups in total. The van der Waals surface area contributed by atoms with E-state index in [0.717, 1.165) is 11.3 Å². The number of ether oxygens (including phenoxy) is 1. The van der Waals surface area contributed by atoms with E-state index >= 15 is 0 Å².